The molecular weight excluding hydrogens is 344 g/mol. The molecular formula is C17H11BrN2O2. The zero-order valence-corrected chi connectivity index (χ0v) is 13.3. The minimum Gasteiger partial charge on any atom is -0.344 e. The minimum absolute atomic E-state index is 0.145. The summed E-state index contributed by atoms with van der Waals surface area (Å²) in [6.07, 6.45) is 0. The fraction of sp³-hybridized carbons (Fsp3) is 0.0588. The Morgan fingerprint density at radius 1 is 1.00 bits per heavy atom. The average molecular weight is 355 g/mol. The second kappa shape index (κ2) is 4.55. The molecule has 4 aromatic rings. The van der Waals surface area contributed by atoms with Crippen LogP contribution >= 0.6 is 15.9 Å². The van der Waals surface area contributed by atoms with Crippen molar-refractivity contribution in [2.24, 2.45) is 7.05 Å². The van der Waals surface area contributed by atoms with Gasteiger partial charge < -0.3 is 4.57 Å². The van der Waals surface area contributed by atoms with Gasteiger partial charge in [-0.15, -0.1) is 0 Å². The largest absolute Gasteiger partial charge is 0.344 e. The number of halogens is 1. The highest BCUT2D eigenvalue weighted by atomic mass is 79.9. The maximum absolute atomic E-state index is 11.3. The van der Waals surface area contributed by atoms with Gasteiger partial charge in [-0.2, -0.15) is 0 Å². The third-order valence-electron chi connectivity index (χ3n) is 4.16. The van der Waals surface area contributed by atoms with Crippen molar-refractivity contribution in [3.8, 4) is 0 Å². The molecule has 3 aromatic carbocycles. The number of nitro groups is 1. The number of hydrogen-bond donors (Lipinski definition) is 0. The van der Waals surface area contributed by atoms with E-state index in [1.807, 2.05) is 31.3 Å². The number of rotatable bonds is 1. The molecule has 0 aliphatic carbocycles. The number of aromatic nitrogens is 1. The lowest BCUT2D eigenvalue weighted by Crippen LogP contribution is -1.90. The number of nitro benzene ring substituents is 1. The molecule has 0 unspecified atom stereocenters. The van der Waals surface area contributed by atoms with E-state index in [-0.39, 0.29) is 10.6 Å². The van der Waals surface area contributed by atoms with Crippen LogP contribution in [0.25, 0.3) is 32.6 Å². The Kier molecular flexibility index (Phi) is 2.74. The van der Waals surface area contributed by atoms with E-state index in [0.29, 0.717) is 5.39 Å². The summed E-state index contributed by atoms with van der Waals surface area (Å²) in [5, 5.41) is 15.0. The van der Waals surface area contributed by atoms with E-state index < -0.39 is 0 Å². The minimum atomic E-state index is -0.324. The van der Waals surface area contributed by atoms with Crippen LogP contribution in [0.2, 0.25) is 0 Å². The molecule has 108 valence electrons. The van der Waals surface area contributed by atoms with E-state index in [9.17, 15) is 10.1 Å². The molecule has 0 saturated heterocycles. The number of benzene rings is 3. The Labute approximate surface area is 134 Å². The topological polar surface area (TPSA) is 48.1 Å². The Balaban J connectivity index is 2.31. The van der Waals surface area contributed by atoms with Gasteiger partial charge in [-0.3, -0.25) is 10.1 Å². The van der Waals surface area contributed by atoms with E-state index >= 15 is 0 Å². The lowest BCUT2D eigenvalue weighted by atomic mass is 10.0. The van der Waals surface area contributed by atoms with Crippen molar-refractivity contribution in [2.45, 2.75) is 0 Å². The van der Waals surface area contributed by atoms with Crippen LogP contribution in [-0.4, -0.2) is 9.49 Å². The molecule has 0 N–H and O–H groups in total. The maximum atomic E-state index is 11.3. The van der Waals surface area contributed by atoms with Crippen LogP contribution < -0.4 is 0 Å². The van der Waals surface area contributed by atoms with Crippen LogP contribution in [0.1, 0.15) is 0 Å². The first-order valence-corrected chi connectivity index (χ1v) is 7.61. The zero-order valence-electron chi connectivity index (χ0n) is 11.7. The van der Waals surface area contributed by atoms with E-state index in [2.05, 4.69) is 32.6 Å². The van der Waals surface area contributed by atoms with Crippen molar-refractivity contribution >= 4 is 54.2 Å². The summed E-state index contributed by atoms with van der Waals surface area (Å²) >= 11 is 3.51. The van der Waals surface area contributed by atoms with E-state index in [1.165, 1.54) is 0 Å². The van der Waals surface area contributed by atoms with Gasteiger partial charge in [0.15, 0.2) is 0 Å². The van der Waals surface area contributed by atoms with E-state index in [0.717, 1.165) is 31.7 Å². The van der Waals surface area contributed by atoms with Crippen LogP contribution in [-0.2, 0) is 7.05 Å². The molecule has 0 radical (unpaired) electrons. The van der Waals surface area contributed by atoms with Crippen LogP contribution in [0.4, 0.5) is 5.69 Å². The summed E-state index contributed by atoms with van der Waals surface area (Å²) in [5.74, 6) is 0. The highest BCUT2D eigenvalue weighted by molar-refractivity contribution is 9.10. The van der Waals surface area contributed by atoms with Gasteiger partial charge in [0.05, 0.1) is 10.3 Å². The van der Waals surface area contributed by atoms with Crippen LogP contribution in [0, 0.1) is 10.1 Å². The Bertz CT molecular complexity index is 1080. The van der Waals surface area contributed by atoms with E-state index in [4.69, 9.17) is 0 Å². The summed E-state index contributed by atoms with van der Waals surface area (Å²) < 4.78 is 3.12. The monoisotopic (exact) mass is 354 g/mol. The second-order valence-electron chi connectivity index (χ2n) is 5.31. The first-order chi connectivity index (χ1) is 10.6. The van der Waals surface area contributed by atoms with E-state index in [1.54, 1.807) is 12.1 Å². The third kappa shape index (κ3) is 1.69. The number of hydrogen-bond acceptors (Lipinski definition) is 2. The van der Waals surface area contributed by atoms with Crippen molar-refractivity contribution in [2.75, 3.05) is 0 Å². The lowest BCUT2D eigenvalue weighted by molar-refractivity contribution is -0.383. The highest BCUT2D eigenvalue weighted by Crippen LogP contribution is 2.37. The molecule has 4 rings (SSSR count). The molecule has 5 heteroatoms. The smallest absolute Gasteiger partial charge is 0.277 e. The van der Waals surface area contributed by atoms with Gasteiger partial charge in [0, 0.05) is 39.4 Å². The molecule has 1 aromatic heterocycles. The Morgan fingerprint density at radius 3 is 2.55 bits per heavy atom. The summed E-state index contributed by atoms with van der Waals surface area (Å²) in [5.41, 5.74) is 2.32. The molecule has 0 aliphatic rings. The molecule has 0 spiro atoms. The quantitative estimate of drug-likeness (QED) is 0.350. The van der Waals surface area contributed by atoms with Crippen molar-refractivity contribution in [1.29, 1.82) is 0 Å². The predicted octanol–water partition coefficient (Wildman–Crippen LogP) is 5.16. The number of aryl methyl sites for hydroxylation is 1. The highest BCUT2D eigenvalue weighted by Gasteiger charge is 2.16. The normalized spacial score (nSPS) is 11.5. The first-order valence-electron chi connectivity index (χ1n) is 6.81. The van der Waals surface area contributed by atoms with Crippen LogP contribution in [0.3, 0.4) is 0 Å². The fourth-order valence-corrected chi connectivity index (χ4v) is 3.54. The van der Waals surface area contributed by atoms with Gasteiger partial charge in [-0.1, -0.05) is 28.1 Å². The molecule has 0 bridgehead atoms. The molecule has 0 aliphatic heterocycles. The maximum Gasteiger partial charge on any atom is 0.277 e. The van der Waals surface area contributed by atoms with Gasteiger partial charge in [0.25, 0.3) is 5.69 Å². The van der Waals surface area contributed by atoms with Gasteiger partial charge in [-0.25, -0.2) is 0 Å². The summed E-state index contributed by atoms with van der Waals surface area (Å²) in [7, 11) is 2.02. The van der Waals surface area contributed by atoms with Gasteiger partial charge >= 0.3 is 0 Å². The fourth-order valence-electron chi connectivity index (χ4n) is 3.18. The lowest BCUT2D eigenvalue weighted by Gasteiger charge is -2.02. The summed E-state index contributed by atoms with van der Waals surface area (Å²) in [4.78, 5) is 10.9. The van der Waals surface area contributed by atoms with Gasteiger partial charge in [-0.05, 0) is 35.7 Å². The predicted molar refractivity (Wildman–Crippen MR) is 92.3 cm³/mol. The first kappa shape index (κ1) is 13.3. The SMILES string of the molecule is Cn1c2ccc(Br)cc2c2c3cccc([N+](=O)[O-])c3ccc21. The Hall–Kier alpha value is -2.40. The molecule has 1 heterocycles. The van der Waals surface area contributed by atoms with Crippen LogP contribution in [0.5, 0.6) is 0 Å². The van der Waals surface area contributed by atoms with Gasteiger partial charge in [0.1, 0.15) is 0 Å². The van der Waals surface area contributed by atoms with Crippen molar-refractivity contribution < 1.29 is 4.92 Å². The molecule has 22 heavy (non-hydrogen) atoms. The van der Waals surface area contributed by atoms with Crippen LogP contribution in [0.15, 0.2) is 53.0 Å². The number of non-ortho nitro benzene ring substituents is 1. The van der Waals surface area contributed by atoms with Crippen molar-refractivity contribution in [3.05, 3.63) is 63.1 Å². The summed E-state index contributed by atoms with van der Waals surface area (Å²) in [6.45, 7) is 0. The summed E-state index contributed by atoms with van der Waals surface area (Å²) in [6, 6.07) is 15.2. The third-order valence-corrected chi connectivity index (χ3v) is 4.66. The molecule has 0 saturated carbocycles. The average Bonchev–Trinajstić information content (AvgIpc) is 2.79. The number of nitrogens with zero attached hydrogens (tertiary/aromatic N) is 2. The Morgan fingerprint density at radius 2 is 1.77 bits per heavy atom. The zero-order chi connectivity index (χ0) is 15.4. The molecule has 0 atom stereocenters. The van der Waals surface area contributed by atoms with Gasteiger partial charge in [0.2, 0.25) is 0 Å². The number of fused-ring (bicyclic) bond motifs is 5. The molecule has 0 fully saturated rings. The standard InChI is InChI=1S/C17H11BrN2O2/c1-19-14-7-5-10(18)9-13(14)17-12-3-2-4-15(20(21)22)11(12)6-8-16(17)19/h2-9H,1H3. The molecule has 4 nitrogen and oxygen atoms in total. The van der Waals surface area contributed by atoms with Crippen molar-refractivity contribution in [3.63, 3.8) is 0 Å². The molecule has 0 amide bonds. The second-order valence-corrected chi connectivity index (χ2v) is 6.23. The van der Waals surface area contributed by atoms with Crippen molar-refractivity contribution in [1.82, 2.24) is 4.57 Å².